The molecule has 2 rings (SSSR count). The summed E-state index contributed by atoms with van der Waals surface area (Å²) in [6.07, 6.45) is 4.27. The standard InChI is InChI=1S/C20H31N2O8P/c1-8-11-27-17-16(29-31(25,26)14(4)5)19(6,12-28-13(2)3)30-20(17,7)22-10-9-15(23)21-18(22)24/h1,9-10,13-14,16-17H,11-12H2,2-7H3,(H,25,26)(H,21,23,24). The Morgan fingerprint density at radius 2 is 1.97 bits per heavy atom. The van der Waals surface area contributed by atoms with Crippen LogP contribution in [0, 0.1) is 12.3 Å². The largest absolute Gasteiger partial charge is 0.376 e. The fraction of sp³-hybridized carbons (Fsp3) is 0.700. The quantitative estimate of drug-likeness (QED) is 0.420. The van der Waals surface area contributed by atoms with Gasteiger partial charge in [0.2, 0.25) is 0 Å². The van der Waals surface area contributed by atoms with Crippen LogP contribution in [0.4, 0.5) is 0 Å². The van der Waals surface area contributed by atoms with Crippen molar-refractivity contribution in [2.45, 2.75) is 76.8 Å². The second kappa shape index (κ2) is 9.41. The Kier molecular flexibility index (Phi) is 7.75. The van der Waals surface area contributed by atoms with Crippen LogP contribution in [-0.4, -0.2) is 57.2 Å². The molecule has 5 atom stereocenters. The number of rotatable bonds is 9. The van der Waals surface area contributed by atoms with Gasteiger partial charge in [0.15, 0.2) is 5.72 Å². The summed E-state index contributed by atoms with van der Waals surface area (Å²) >= 11 is 0. The van der Waals surface area contributed by atoms with Gasteiger partial charge in [0.25, 0.3) is 5.56 Å². The van der Waals surface area contributed by atoms with E-state index >= 15 is 0 Å². The van der Waals surface area contributed by atoms with Gasteiger partial charge in [-0.1, -0.05) is 19.8 Å². The Balaban J connectivity index is 2.65. The van der Waals surface area contributed by atoms with Crippen LogP contribution in [0.1, 0.15) is 41.5 Å². The Hall–Kier alpha value is -1.73. The maximum absolute atomic E-state index is 12.8. The average molecular weight is 458 g/mol. The summed E-state index contributed by atoms with van der Waals surface area (Å²) in [4.78, 5) is 36.8. The van der Waals surface area contributed by atoms with Gasteiger partial charge >= 0.3 is 13.3 Å². The van der Waals surface area contributed by atoms with Gasteiger partial charge in [0.1, 0.15) is 24.4 Å². The Morgan fingerprint density at radius 1 is 1.32 bits per heavy atom. The average Bonchev–Trinajstić information content (AvgIpc) is 2.85. The molecule has 5 unspecified atom stereocenters. The van der Waals surface area contributed by atoms with Crippen LogP contribution in [-0.2, 0) is 29.0 Å². The van der Waals surface area contributed by atoms with E-state index < -0.39 is 48.0 Å². The molecule has 0 amide bonds. The molecule has 1 aromatic rings. The minimum absolute atomic E-state index is 0.0168. The lowest BCUT2D eigenvalue weighted by Crippen LogP contribution is -2.51. The zero-order valence-corrected chi connectivity index (χ0v) is 19.5. The first kappa shape index (κ1) is 25.5. The molecule has 174 valence electrons. The fourth-order valence-electron chi connectivity index (χ4n) is 3.42. The fourth-order valence-corrected chi connectivity index (χ4v) is 4.32. The van der Waals surface area contributed by atoms with Crippen molar-refractivity contribution in [1.29, 1.82) is 0 Å². The number of aromatic nitrogens is 2. The zero-order valence-electron chi connectivity index (χ0n) is 18.7. The predicted octanol–water partition coefficient (Wildman–Crippen LogP) is 1.42. The summed E-state index contributed by atoms with van der Waals surface area (Å²) in [5.74, 6) is 2.35. The first-order valence-corrected chi connectivity index (χ1v) is 11.6. The highest BCUT2D eigenvalue weighted by Crippen LogP contribution is 2.55. The minimum Gasteiger partial charge on any atom is -0.376 e. The van der Waals surface area contributed by atoms with Crippen molar-refractivity contribution in [2.75, 3.05) is 13.2 Å². The van der Waals surface area contributed by atoms with E-state index in [0.717, 1.165) is 10.6 Å². The topological polar surface area (TPSA) is 129 Å². The van der Waals surface area contributed by atoms with E-state index in [9.17, 15) is 19.0 Å². The van der Waals surface area contributed by atoms with Crippen molar-refractivity contribution in [3.8, 4) is 12.3 Å². The highest BCUT2D eigenvalue weighted by molar-refractivity contribution is 7.53. The van der Waals surface area contributed by atoms with E-state index in [2.05, 4.69) is 10.9 Å². The van der Waals surface area contributed by atoms with Crippen molar-refractivity contribution in [3.05, 3.63) is 33.1 Å². The normalized spacial score (nSPS) is 30.5. The van der Waals surface area contributed by atoms with Gasteiger partial charge in [-0.25, -0.2) is 4.79 Å². The van der Waals surface area contributed by atoms with Crippen LogP contribution >= 0.6 is 7.60 Å². The Labute approximate surface area is 181 Å². The first-order valence-electron chi connectivity index (χ1n) is 9.97. The highest BCUT2D eigenvalue weighted by Gasteiger charge is 2.63. The predicted molar refractivity (Wildman–Crippen MR) is 114 cm³/mol. The van der Waals surface area contributed by atoms with Crippen molar-refractivity contribution in [3.63, 3.8) is 0 Å². The van der Waals surface area contributed by atoms with Crippen LogP contribution in [0.25, 0.3) is 0 Å². The lowest BCUT2D eigenvalue weighted by Gasteiger charge is -2.33. The van der Waals surface area contributed by atoms with Crippen molar-refractivity contribution in [2.24, 2.45) is 0 Å². The summed E-state index contributed by atoms with van der Waals surface area (Å²) in [7, 11) is -4.09. The van der Waals surface area contributed by atoms with E-state index in [0.29, 0.717) is 0 Å². The Morgan fingerprint density at radius 3 is 2.48 bits per heavy atom. The van der Waals surface area contributed by atoms with Gasteiger partial charge in [0, 0.05) is 12.3 Å². The zero-order chi connectivity index (χ0) is 23.6. The number of nitrogens with one attached hydrogen (secondary N) is 1. The number of terminal acetylenes is 1. The molecule has 0 saturated carbocycles. The van der Waals surface area contributed by atoms with Crippen LogP contribution in [0.15, 0.2) is 21.9 Å². The molecule has 0 aromatic carbocycles. The molecule has 0 bridgehead atoms. The summed E-state index contributed by atoms with van der Waals surface area (Å²) in [5, 5.41) is 0. The molecule has 2 heterocycles. The number of nitrogens with zero attached hydrogens (tertiary/aromatic N) is 1. The number of hydrogen-bond acceptors (Lipinski definition) is 7. The van der Waals surface area contributed by atoms with Crippen molar-refractivity contribution in [1.82, 2.24) is 9.55 Å². The summed E-state index contributed by atoms with van der Waals surface area (Å²) < 4.78 is 37.5. The molecule has 0 radical (unpaired) electrons. The molecule has 1 aliphatic rings. The molecule has 1 saturated heterocycles. The SMILES string of the molecule is C#CCOC1C(OP(=O)(O)C(C)C)C(C)(COC(C)C)OC1(C)n1ccc(=O)[nH]c1=O. The Bertz CT molecular complexity index is 980. The van der Waals surface area contributed by atoms with E-state index in [-0.39, 0.29) is 19.3 Å². The maximum Gasteiger partial charge on any atom is 0.331 e. The molecule has 1 aliphatic heterocycles. The molecule has 1 fully saturated rings. The van der Waals surface area contributed by atoms with Gasteiger partial charge in [-0.3, -0.25) is 23.4 Å². The van der Waals surface area contributed by atoms with E-state index in [1.54, 1.807) is 27.7 Å². The summed E-state index contributed by atoms with van der Waals surface area (Å²) in [6, 6.07) is 1.16. The molecular weight excluding hydrogens is 427 g/mol. The molecule has 0 aliphatic carbocycles. The molecule has 31 heavy (non-hydrogen) atoms. The van der Waals surface area contributed by atoms with Gasteiger partial charge in [-0.05, 0) is 27.7 Å². The third-order valence-electron chi connectivity index (χ3n) is 5.11. The van der Waals surface area contributed by atoms with Crippen LogP contribution in [0.3, 0.4) is 0 Å². The second-order valence-electron chi connectivity index (χ2n) is 8.43. The van der Waals surface area contributed by atoms with Gasteiger partial charge in [-0.2, -0.15) is 0 Å². The molecule has 2 N–H and O–H groups in total. The lowest BCUT2D eigenvalue weighted by atomic mass is 9.95. The van der Waals surface area contributed by atoms with Gasteiger partial charge < -0.3 is 19.1 Å². The van der Waals surface area contributed by atoms with Crippen LogP contribution in [0.2, 0.25) is 0 Å². The van der Waals surface area contributed by atoms with Crippen molar-refractivity contribution >= 4 is 7.60 Å². The summed E-state index contributed by atoms with van der Waals surface area (Å²) in [5.41, 5.74) is -4.84. The molecular formula is C20H31N2O8P. The number of hydrogen-bond donors (Lipinski definition) is 2. The third-order valence-corrected chi connectivity index (χ3v) is 6.95. The number of ether oxygens (including phenoxy) is 3. The van der Waals surface area contributed by atoms with Gasteiger partial charge in [-0.15, -0.1) is 6.42 Å². The number of H-pyrrole nitrogens is 1. The molecule has 0 spiro atoms. The molecule has 11 heteroatoms. The number of aromatic amines is 1. The van der Waals surface area contributed by atoms with Gasteiger partial charge in [0.05, 0.1) is 18.4 Å². The monoisotopic (exact) mass is 458 g/mol. The second-order valence-corrected chi connectivity index (χ2v) is 10.8. The van der Waals surface area contributed by atoms with E-state index in [4.69, 9.17) is 25.2 Å². The maximum atomic E-state index is 12.8. The third kappa shape index (κ3) is 5.37. The van der Waals surface area contributed by atoms with Crippen molar-refractivity contribution < 1.29 is 28.2 Å². The molecule has 1 aromatic heterocycles. The highest BCUT2D eigenvalue weighted by atomic mass is 31.2. The lowest BCUT2D eigenvalue weighted by molar-refractivity contribution is -0.188. The molecule has 10 nitrogen and oxygen atoms in total. The van der Waals surface area contributed by atoms with E-state index in [1.807, 2.05) is 13.8 Å². The van der Waals surface area contributed by atoms with Crippen LogP contribution < -0.4 is 11.2 Å². The first-order chi connectivity index (χ1) is 14.3. The smallest absolute Gasteiger partial charge is 0.331 e. The minimum atomic E-state index is -4.09. The van der Waals surface area contributed by atoms with E-state index in [1.165, 1.54) is 6.20 Å². The summed E-state index contributed by atoms with van der Waals surface area (Å²) in [6.45, 7) is 9.80. The van der Waals surface area contributed by atoms with Crippen LogP contribution in [0.5, 0.6) is 0 Å².